The van der Waals surface area contributed by atoms with E-state index in [1.54, 1.807) is 12.1 Å². The molecular weight excluding hydrogens is 465 g/mol. The largest absolute Gasteiger partial charge is 0.370 e. The summed E-state index contributed by atoms with van der Waals surface area (Å²) in [6.07, 6.45) is 10.5. The van der Waals surface area contributed by atoms with Crippen molar-refractivity contribution < 1.29 is 9.18 Å². The molecule has 1 heterocycles. The van der Waals surface area contributed by atoms with E-state index in [1.165, 1.54) is 43.6 Å². The fraction of sp³-hybridized carbons (Fsp3) is 0.567. The standard InChI is InChI=1S/C30H44FN5O/c1-4-5-6-7-8-9-10-11-17-22-29(31,25-18-13-12-14-19-25)36-34-30(33-35-36,23-28(32)37)27-21-16-15-20-26(27)24(2)3/h12-16,18-21,24,34H,4-11,17,22-23H2,1-3H3,(H2,32,37). The number of amides is 1. The Kier molecular flexibility index (Phi) is 10.6. The summed E-state index contributed by atoms with van der Waals surface area (Å²) in [5.74, 6) is -2.27. The molecule has 0 bridgehead atoms. The van der Waals surface area contributed by atoms with Gasteiger partial charge in [-0.2, -0.15) is 10.5 Å². The average Bonchev–Trinajstić information content (AvgIpc) is 3.33. The van der Waals surface area contributed by atoms with Gasteiger partial charge in [0.05, 0.1) is 6.42 Å². The summed E-state index contributed by atoms with van der Waals surface area (Å²) in [5.41, 5.74) is 9.90. The minimum absolute atomic E-state index is 0.125. The van der Waals surface area contributed by atoms with Crippen LogP contribution in [0.15, 0.2) is 64.9 Å². The van der Waals surface area contributed by atoms with Crippen LogP contribution in [0.1, 0.15) is 114 Å². The smallest absolute Gasteiger partial charge is 0.239 e. The molecule has 0 saturated heterocycles. The van der Waals surface area contributed by atoms with Crippen LogP contribution < -0.4 is 11.2 Å². The van der Waals surface area contributed by atoms with Crippen molar-refractivity contribution in [2.75, 3.05) is 0 Å². The van der Waals surface area contributed by atoms with E-state index in [1.807, 2.05) is 42.5 Å². The summed E-state index contributed by atoms with van der Waals surface area (Å²) < 4.78 is 17.0. The number of benzene rings is 2. The zero-order valence-corrected chi connectivity index (χ0v) is 22.8. The van der Waals surface area contributed by atoms with E-state index < -0.39 is 17.4 Å². The molecule has 2 atom stereocenters. The van der Waals surface area contributed by atoms with Crippen molar-refractivity contribution in [3.05, 3.63) is 71.3 Å². The highest BCUT2D eigenvalue weighted by atomic mass is 19.1. The van der Waals surface area contributed by atoms with E-state index >= 15 is 4.39 Å². The summed E-state index contributed by atoms with van der Waals surface area (Å²) in [6.45, 7) is 6.38. The van der Waals surface area contributed by atoms with E-state index in [0.717, 1.165) is 30.4 Å². The van der Waals surface area contributed by atoms with Crippen molar-refractivity contribution >= 4 is 5.91 Å². The first-order valence-electron chi connectivity index (χ1n) is 14.0. The first-order chi connectivity index (χ1) is 17.8. The van der Waals surface area contributed by atoms with Gasteiger partial charge in [-0.15, -0.1) is 5.11 Å². The summed E-state index contributed by atoms with van der Waals surface area (Å²) in [7, 11) is 0. The van der Waals surface area contributed by atoms with E-state index in [-0.39, 0.29) is 18.8 Å². The average molecular weight is 510 g/mol. The predicted octanol–water partition coefficient (Wildman–Crippen LogP) is 7.77. The third-order valence-electron chi connectivity index (χ3n) is 7.22. The lowest BCUT2D eigenvalue weighted by molar-refractivity contribution is -0.122. The second-order valence-corrected chi connectivity index (χ2v) is 10.6. The number of nitrogens with two attached hydrogens (primary N) is 1. The second kappa shape index (κ2) is 13.7. The SMILES string of the molecule is CCCCCCCCCCCC(F)(c1ccccc1)N1N=NC(CC(N)=O)(c2ccccc2C(C)C)N1. The number of rotatable bonds is 16. The van der Waals surface area contributed by atoms with E-state index in [2.05, 4.69) is 36.5 Å². The van der Waals surface area contributed by atoms with Crippen molar-refractivity contribution in [1.29, 1.82) is 0 Å². The molecule has 0 aromatic heterocycles. The number of unbranched alkanes of at least 4 members (excludes halogenated alkanes) is 8. The van der Waals surface area contributed by atoms with Crippen molar-refractivity contribution in [3.63, 3.8) is 0 Å². The number of carbonyl (C=O) groups is 1. The number of hydrogen-bond donors (Lipinski definition) is 2. The molecule has 0 radical (unpaired) electrons. The van der Waals surface area contributed by atoms with E-state index in [0.29, 0.717) is 5.56 Å². The van der Waals surface area contributed by atoms with Crippen LogP contribution in [0.2, 0.25) is 0 Å². The number of primary amides is 1. The Labute approximate surface area is 221 Å². The number of hydrogen-bond acceptors (Lipinski definition) is 5. The van der Waals surface area contributed by atoms with Gasteiger partial charge in [0, 0.05) is 17.5 Å². The zero-order chi connectivity index (χ0) is 26.7. The van der Waals surface area contributed by atoms with Gasteiger partial charge in [0.25, 0.3) is 0 Å². The third-order valence-corrected chi connectivity index (χ3v) is 7.22. The van der Waals surface area contributed by atoms with Crippen molar-refractivity contribution in [2.24, 2.45) is 16.1 Å². The van der Waals surface area contributed by atoms with Crippen LogP contribution in [0, 0.1) is 0 Å². The lowest BCUT2D eigenvalue weighted by Gasteiger charge is -2.36. The fourth-order valence-corrected chi connectivity index (χ4v) is 5.15. The summed E-state index contributed by atoms with van der Waals surface area (Å²) in [4.78, 5) is 12.2. The molecule has 1 amide bonds. The lowest BCUT2D eigenvalue weighted by Crippen LogP contribution is -2.53. The fourth-order valence-electron chi connectivity index (χ4n) is 5.15. The molecule has 3 N–H and O–H groups in total. The molecule has 7 heteroatoms. The highest BCUT2D eigenvalue weighted by Crippen LogP contribution is 2.43. The predicted molar refractivity (Wildman–Crippen MR) is 147 cm³/mol. The summed E-state index contributed by atoms with van der Waals surface area (Å²) in [6, 6.07) is 16.9. The molecule has 2 aromatic rings. The van der Waals surface area contributed by atoms with Crippen molar-refractivity contribution in [1.82, 2.24) is 10.5 Å². The molecule has 0 spiro atoms. The Bertz CT molecular complexity index is 1010. The number of carbonyl (C=O) groups excluding carboxylic acids is 1. The van der Waals surface area contributed by atoms with Crippen LogP contribution in [-0.4, -0.2) is 11.0 Å². The Hall–Kier alpha value is -2.80. The maximum absolute atomic E-state index is 17.0. The topological polar surface area (TPSA) is 83.1 Å². The maximum atomic E-state index is 17.0. The number of alkyl halides is 1. The van der Waals surface area contributed by atoms with E-state index in [9.17, 15) is 4.79 Å². The maximum Gasteiger partial charge on any atom is 0.239 e. The molecule has 2 aromatic carbocycles. The van der Waals surface area contributed by atoms with Crippen molar-refractivity contribution in [3.8, 4) is 0 Å². The normalized spacial score (nSPS) is 18.9. The number of nitrogens with zero attached hydrogens (tertiary/aromatic N) is 3. The first-order valence-corrected chi connectivity index (χ1v) is 14.0. The minimum atomic E-state index is -1.92. The highest BCUT2D eigenvalue weighted by Gasteiger charge is 2.49. The number of hydrazine groups is 1. The summed E-state index contributed by atoms with van der Waals surface area (Å²) >= 11 is 0. The molecule has 6 nitrogen and oxygen atoms in total. The molecular formula is C30H44FN5O. The van der Waals surface area contributed by atoms with E-state index in [4.69, 9.17) is 5.73 Å². The zero-order valence-electron chi connectivity index (χ0n) is 22.8. The Morgan fingerprint density at radius 2 is 1.57 bits per heavy atom. The quantitative estimate of drug-likeness (QED) is 0.179. The van der Waals surface area contributed by atoms with Gasteiger partial charge in [0.15, 0.2) is 5.66 Å². The Morgan fingerprint density at radius 1 is 0.973 bits per heavy atom. The molecule has 2 unspecified atom stereocenters. The van der Waals surface area contributed by atoms with Crippen LogP contribution in [0.3, 0.4) is 0 Å². The monoisotopic (exact) mass is 509 g/mol. The lowest BCUT2D eigenvalue weighted by atomic mass is 9.87. The van der Waals surface area contributed by atoms with Crippen LogP contribution in [0.4, 0.5) is 4.39 Å². The van der Waals surface area contributed by atoms with Crippen molar-refractivity contribution in [2.45, 2.75) is 109 Å². The molecule has 37 heavy (non-hydrogen) atoms. The van der Waals surface area contributed by atoms with Crippen LogP contribution in [0.5, 0.6) is 0 Å². The van der Waals surface area contributed by atoms with Gasteiger partial charge in [0.2, 0.25) is 11.7 Å². The van der Waals surface area contributed by atoms with Gasteiger partial charge >= 0.3 is 0 Å². The molecule has 0 aliphatic carbocycles. The van der Waals surface area contributed by atoms with Crippen LogP contribution in [-0.2, 0) is 16.3 Å². The molecule has 202 valence electrons. The van der Waals surface area contributed by atoms with Gasteiger partial charge in [-0.1, -0.05) is 132 Å². The molecule has 0 fully saturated rings. The van der Waals surface area contributed by atoms with Gasteiger partial charge < -0.3 is 5.73 Å². The first kappa shape index (κ1) is 28.8. The van der Waals surface area contributed by atoms with Gasteiger partial charge in [-0.25, -0.2) is 4.39 Å². The molecule has 0 saturated carbocycles. The molecule has 3 rings (SSSR count). The van der Waals surface area contributed by atoms with Gasteiger partial charge in [-0.3, -0.25) is 4.79 Å². The highest BCUT2D eigenvalue weighted by molar-refractivity contribution is 5.75. The minimum Gasteiger partial charge on any atom is -0.370 e. The number of nitrogens with one attached hydrogen (secondary N) is 1. The molecule has 1 aliphatic heterocycles. The Morgan fingerprint density at radius 3 is 2.19 bits per heavy atom. The van der Waals surface area contributed by atoms with Crippen LogP contribution in [0.25, 0.3) is 0 Å². The summed E-state index contributed by atoms with van der Waals surface area (Å²) in [5, 5.41) is 9.99. The van der Waals surface area contributed by atoms with Gasteiger partial charge in [0.1, 0.15) is 0 Å². The second-order valence-electron chi connectivity index (χ2n) is 10.6. The Balaban J connectivity index is 1.78. The number of halogens is 1. The third kappa shape index (κ3) is 7.37. The van der Waals surface area contributed by atoms with Gasteiger partial charge in [-0.05, 0) is 17.9 Å². The molecule has 1 aliphatic rings. The van der Waals surface area contributed by atoms with Crippen LogP contribution >= 0.6 is 0 Å².